The van der Waals surface area contributed by atoms with Gasteiger partial charge < -0.3 is 9.84 Å². The molecule has 0 amide bonds. The van der Waals surface area contributed by atoms with Crippen LogP contribution < -0.4 is 4.74 Å². The van der Waals surface area contributed by atoms with E-state index in [0.29, 0.717) is 0 Å². The van der Waals surface area contributed by atoms with E-state index in [1.54, 1.807) is 0 Å². The lowest BCUT2D eigenvalue weighted by Gasteiger charge is -2.20. The molecule has 6 nitrogen and oxygen atoms in total. The Bertz CT molecular complexity index is 534. The summed E-state index contributed by atoms with van der Waals surface area (Å²) in [5.41, 5.74) is -0.499. The number of rotatable bonds is 5. The summed E-state index contributed by atoms with van der Waals surface area (Å²) in [6.45, 7) is 0. The van der Waals surface area contributed by atoms with Gasteiger partial charge in [0.1, 0.15) is 10.8 Å². The molecule has 1 atom stereocenters. The second-order valence-electron chi connectivity index (χ2n) is 3.62. The number of carboxylic acid groups (broad SMARTS) is 1. The standard InChI is InChI=1S/C10H7ClF3NO5/c11-6-3-5(1-2-7(6)15(18)19)20-8(4-9(16)17)10(12,13)14/h1-3,8H,4H2,(H,16,17). The molecule has 0 fully saturated rings. The van der Waals surface area contributed by atoms with Crippen LogP contribution in [0.2, 0.25) is 5.02 Å². The van der Waals surface area contributed by atoms with Crippen LogP contribution in [0.15, 0.2) is 18.2 Å². The molecule has 1 unspecified atom stereocenters. The van der Waals surface area contributed by atoms with Crippen molar-refractivity contribution in [3.63, 3.8) is 0 Å². The first-order valence-electron chi connectivity index (χ1n) is 5.00. The lowest BCUT2D eigenvalue weighted by Crippen LogP contribution is -2.36. The van der Waals surface area contributed by atoms with E-state index in [0.717, 1.165) is 18.2 Å². The van der Waals surface area contributed by atoms with Crippen molar-refractivity contribution in [3.8, 4) is 5.75 Å². The van der Waals surface area contributed by atoms with Crippen molar-refractivity contribution in [3.05, 3.63) is 33.3 Å². The van der Waals surface area contributed by atoms with Crippen molar-refractivity contribution in [1.82, 2.24) is 0 Å². The van der Waals surface area contributed by atoms with E-state index in [1.807, 2.05) is 0 Å². The fourth-order valence-electron chi connectivity index (χ4n) is 1.26. The zero-order valence-corrected chi connectivity index (χ0v) is 10.3. The van der Waals surface area contributed by atoms with Crippen molar-refractivity contribution >= 4 is 23.3 Å². The van der Waals surface area contributed by atoms with Crippen LogP contribution in [0.5, 0.6) is 5.75 Å². The maximum absolute atomic E-state index is 12.5. The second-order valence-corrected chi connectivity index (χ2v) is 4.02. The van der Waals surface area contributed by atoms with Gasteiger partial charge in [0.25, 0.3) is 5.69 Å². The molecule has 1 N–H and O–H groups in total. The molecular weight excluding hydrogens is 307 g/mol. The molecule has 0 aliphatic rings. The first-order chi connectivity index (χ1) is 9.11. The molecule has 0 aliphatic heterocycles. The van der Waals surface area contributed by atoms with Crippen LogP contribution in [0.25, 0.3) is 0 Å². The van der Waals surface area contributed by atoms with Crippen molar-refractivity contribution in [2.75, 3.05) is 0 Å². The van der Waals surface area contributed by atoms with Crippen LogP contribution in [0.1, 0.15) is 6.42 Å². The molecule has 10 heteroatoms. The van der Waals surface area contributed by atoms with Crippen LogP contribution in [0.3, 0.4) is 0 Å². The smallest absolute Gasteiger partial charge is 0.425 e. The second kappa shape index (κ2) is 5.95. The summed E-state index contributed by atoms with van der Waals surface area (Å²) >= 11 is 5.51. The van der Waals surface area contributed by atoms with Gasteiger partial charge in [-0.05, 0) is 6.07 Å². The largest absolute Gasteiger partial charge is 0.481 e. The van der Waals surface area contributed by atoms with Crippen LogP contribution in [0, 0.1) is 10.1 Å². The summed E-state index contributed by atoms with van der Waals surface area (Å²) in [6, 6.07) is 2.59. The Hall–Kier alpha value is -2.03. The van der Waals surface area contributed by atoms with Crippen molar-refractivity contribution in [2.24, 2.45) is 0 Å². The summed E-state index contributed by atoms with van der Waals surface area (Å²) < 4.78 is 42.1. The number of ether oxygens (including phenoxy) is 1. The van der Waals surface area contributed by atoms with Gasteiger partial charge in [-0.15, -0.1) is 0 Å². The predicted octanol–water partition coefficient (Wildman–Crippen LogP) is 3.03. The molecule has 0 saturated carbocycles. The SMILES string of the molecule is O=C(O)CC(Oc1ccc([N+](=O)[O-])c(Cl)c1)C(F)(F)F. The quantitative estimate of drug-likeness (QED) is 0.666. The van der Waals surface area contributed by atoms with E-state index in [1.165, 1.54) is 0 Å². The Morgan fingerprint density at radius 1 is 1.50 bits per heavy atom. The Kier molecular flexibility index (Phi) is 4.77. The monoisotopic (exact) mass is 313 g/mol. The minimum absolute atomic E-state index is 0.413. The fourth-order valence-corrected chi connectivity index (χ4v) is 1.50. The Morgan fingerprint density at radius 3 is 2.50 bits per heavy atom. The maximum atomic E-state index is 12.5. The number of carboxylic acids is 1. The summed E-state index contributed by atoms with van der Waals surface area (Å²) in [6.07, 6.45) is -8.76. The van der Waals surface area contributed by atoms with Crippen LogP contribution in [0.4, 0.5) is 18.9 Å². The van der Waals surface area contributed by atoms with E-state index in [2.05, 4.69) is 4.74 Å². The number of aliphatic carboxylic acids is 1. The number of nitro benzene ring substituents is 1. The maximum Gasteiger partial charge on any atom is 0.425 e. The third-order valence-corrected chi connectivity index (χ3v) is 2.42. The molecule has 0 heterocycles. The van der Waals surface area contributed by atoms with Crippen LogP contribution in [-0.2, 0) is 4.79 Å². The molecular formula is C10H7ClF3NO5. The lowest BCUT2D eigenvalue weighted by molar-refractivity contribution is -0.384. The minimum Gasteiger partial charge on any atom is -0.481 e. The van der Waals surface area contributed by atoms with Gasteiger partial charge in [-0.25, -0.2) is 0 Å². The van der Waals surface area contributed by atoms with Gasteiger partial charge in [-0.1, -0.05) is 11.6 Å². The summed E-state index contributed by atoms with van der Waals surface area (Å²) in [4.78, 5) is 20.0. The van der Waals surface area contributed by atoms with Gasteiger partial charge in [0.05, 0.1) is 11.3 Å². The van der Waals surface area contributed by atoms with E-state index in [4.69, 9.17) is 16.7 Å². The minimum atomic E-state index is -4.90. The van der Waals surface area contributed by atoms with Crippen molar-refractivity contribution < 1.29 is 32.7 Å². The average Bonchev–Trinajstić information content (AvgIpc) is 2.25. The molecule has 0 bridgehead atoms. The molecule has 1 aromatic rings. The predicted molar refractivity (Wildman–Crippen MR) is 60.8 cm³/mol. The molecule has 0 aromatic heterocycles. The van der Waals surface area contributed by atoms with E-state index in [-0.39, 0.29) is 0 Å². The van der Waals surface area contributed by atoms with E-state index >= 15 is 0 Å². The third-order valence-electron chi connectivity index (χ3n) is 2.12. The Balaban J connectivity index is 2.97. The first-order valence-corrected chi connectivity index (χ1v) is 5.38. The molecule has 110 valence electrons. The van der Waals surface area contributed by atoms with E-state index in [9.17, 15) is 28.1 Å². The van der Waals surface area contributed by atoms with Gasteiger partial charge >= 0.3 is 12.1 Å². The summed E-state index contributed by atoms with van der Waals surface area (Å²) in [7, 11) is 0. The van der Waals surface area contributed by atoms with Crippen molar-refractivity contribution in [1.29, 1.82) is 0 Å². The number of nitro groups is 1. The number of alkyl halides is 3. The molecule has 0 aliphatic carbocycles. The molecule has 0 spiro atoms. The zero-order chi connectivity index (χ0) is 15.5. The molecule has 0 radical (unpaired) electrons. The number of hydrogen-bond acceptors (Lipinski definition) is 4. The fraction of sp³-hybridized carbons (Fsp3) is 0.300. The molecule has 1 aromatic carbocycles. The van der Waals surface area contributed by atoms with Gasteiger partial charge in [-0.3, -0.25) is 14.9 Å². The highest BCUT2D eigenvalue weighted by Crippen LogP contribution is 2.32. The number of halogens is 4. The average molecular weight is 314 g/mol. The van der Waals surface area contributed by atoms with Gasteiger partial charge in [0.2, 0.25) is 6.10 Å². The number of benzene rings is 1. The van der Waals surface area contributed by atoms with Crippen LogP contribution in [-0.4, -0.2) is 28.3 Å². The highest BCUT2D eigenvalue weighted by atomic mass is 35.5. The zero-order valence-electron chi connectivity index (χ0n) is 9.56. The molecule has 20 heavy (non-hydrogen) atoms. The first kappa shape index (κ1) is 16.0. The molecule has 1 rings (SSSR count). The van der Waals surface area contributed by atoms with Gasteiger partial charge in [0, 0.05) is 12.1 Å². The Labute approximate surface area is 114 Å². The van der Waals surface area contributed by atoms with Crippen LogP contribution >= 0.6 is 11.6 Å². The Morgan fingerprint density at radius 2 is 2.10 bits per heavy atom. The highest BCUT2D eigenvalue weighted by Gasteiger charge is 2.43. The third kappa shape index (κ3) is 4.26. The highest BCUT2D eigenvalue weighted by molar-refractivity contribution is 6.32. The molecule has 0 saturated heterocycles. The summed E-state index contributed by atoms with van der Waals surface area (Å²) in [5.74, 6) is -2.11. The van der Waals surface area contributed by atoms with E-state index < -0.39 is 46.1 Å². The number of nitrogens with zero attached hydrogens (tertiary/aromatic N) is 1. The van der Waals surface area contributed by atoms with Gasteiger partial charge in [0.15, 0.2) is 0 Å². The van der Waals surface area contributed by atoms with Gasteiger partial charge in [-0.2, -0.15) is 13.2 Å². The topological polar surface area (TPSA) is 89.7 Å². The van der Waals surface area contributed by atoms with Crippen molar-refractivity contribution in [2.45, 2.75) is 18.7 Å². The number of hydrogen-bond donors (Lipinski definition) is 1. The summed E-state index contributed by atoms with van der Waals surface area (Å²) in [5, 5.41) is 18.5. The lowest BCUT2D eigenvalue weighted by atomic mass is 10.2. The normalized spacial score (nSPS) is 12.8. The number of carbonyl (C=O) groups is 1.